The average Bonchev–Trinajstić information content (AvgIpc) is 2.88. The molecular formula is C18H27NO2. The Bertz CT molecular complexity index is 487. The minimum Gasteiger partial charge on any atom is -0.468 e. The Kier molecular flexibility index (Phi) is 5.04. The summed E-state index contributed by atoms with van der Waals surface area (Å²) in [5.74, 6) is 1.73. The van der Waals surface area contributed by atoms with E-state index in [0.29, 0.717) is 24.7 Å². The summed E-state index contributed by atoms with van der Waals surface area (Å²) < 4.78 is 5.30. The Morgan fingerprint density at radius 2 is 2.29 bits per heavy atom. The quantitative estimate of drug-likeness (QED) is 0.806. The lowest BCUT2D eigenvalue weighted by Crippen LogP contribution is -2.40. The molecule has 1 aromatic heterocycles. The molecule has 21 heavy (non-hydrogen) atoms. The third-order valence-corrected chi connectivity index (χ3v) is 4.51. The van der Waals surface area contributed by atoms with Crippen LogP contribution in [-0.2, 0) is 11.3 Å². The zero-order chi connectivity index (χ0) is 15.5. The second-order valence-electron chi connectivity index (χ2n) is 6.99. The van der Waals surface area contributed by atoms with Crippen molar-refractivity contribution >= 4 is 5.78 Å². The molecule has 0 fully saturated rings. The topological polar surface area (TPSA) is 42.2 Å². The van der Waals surface area contributed by atoms with E-state index in [4.69, 9.17) is 4.42 Å². The maximum absolute atomic E-state index is 12.7. The van der Waals surface area contributed by atoms with Crippen LogP contribution in [0.25, 0.3) is 0 Å². The van der Waals surface area contributed by atoms with Gasteiger partial charge in [0.15, 0.2) is 0 Å². The number of carbonyl (C=O) groups excluding carboxylic acids is 1. The number of hydrogen-bond acceptors (Lipinski definition) is 3. The van der Waals surface area contributed by atoms with E-state index < -0.39 is 0 Å². The first-order chi connectivity index (χ1) is 9.90. The fourth-order valence-corrected chi connectivity index (χ4v) is 3.45. The monoisotopic (exact) mass is 289 g/mol. The van der Waals surface area contributed by atoms with Crippen LogP contribution in [0.15, 0.2) is 35.0 Å². The SMILES string of the molecule is C[C@H](CC(=O)[C@@H]1[C@H](C)C=CCC1(C)C)NCc1ccco1. The van der Waals surface area contributed by atoms with Crippen LogP contribution < -0.4 is 5.32 Å². The fourth-order valence-electron chi connectivity index (χ4n) is 3.45. The molecule has 116 valence electrons. The average molecular weight is 289 g/mol. The standard InChI is InChI=1S/C18H27NO2/c1-13-7-5-9-18(3,4)17(13)16(20)11-14(2)19-12-15-8-6-10-21-15/h5-8,10,13-14,17,19H,9,11-12H2,1-4H3/t13-,14-,17+/m1/s1. The van der Waals surface area contributed by atoms with Crippen molar-refractivity contribution in [2.24, 2.45) is 17.3 Å². The highest BCUT2D eigenvalue weighted by Gasteiger charge is 2.39. The molecular weight excluding hydrogens is 262 g/mol. The number of ketones is 1. The Morgan fingerprint density at radius 3 is 2.90 bits per heavy atom. The lowest BCUT2D eigenvalue weighted by molar-refractivity contribution is -0.128. The zero-order valence-electron chi connectivity index (χ0n) is 13.6. The summed E-state index contributed by atoms with van der Waals surface area (Å²) in [6, 6.07) is 3.99. The van der Waals surface area contributed by atoms with Crippen LogP contribution in [0.4, 0.5) is 0 Å². The first-order valence-electron chi connectivity index (χ1n) is 7.85. The second-order valence-corrected chi connectivity index (χ2v) is 6.99. The van der Waals surface area contributed by atoms with Crippen molar-refractivity contribution in [2.45, 2.75) is 53.1 Å². The molecule has 0 aliphatic heterocycles. The van der Waals surface area contributed by atoms with Crippen LogP contribution in [0.1, 0.15) is 46.3 Å². The van der Waals surface area contributed by atoms with E-state index >= 15 is 0 Å². The van der Waals surface area contributed by atoms with Gasteiger partial charge in [0, 0.05) is 18.4 Å². The summed E-state index contributed by atoms with van der Waals surface area (Å²) in [5.41, 5.74) is 0.0615. The molecule has 2 rings (SSSR count). The van der Waals surface area contributed by atoms with Gasteiger partial charge in [0.05, 0.1) is 12.8 Å². The highest BCUT2D eigenvalue weighted by Crippen LogP contribution is 2.41. The molecule has 1 aliphatic rings. The van der Waals surface area contributed by atoms with Crippen LogP contribution in [0, 0.1) is 17.3 Å². The number of carbonyl (C=O) groups is 1. The highest BCUT2D eigenvalue weighted by atomic mass is 16.3. The van der Waals surface area contributed by atoms with E-state index in [2.05, 4.69) is 45.2 Å². The summed E-state index contributed by atoms with van der Waals surface area (Å²) in [5, 5.41) is 3.36. The van der Waals surface area contributed by atoms with Crippen molar-refractivity contribution in [3.8, 4) is 0 Å². The lowest BCUT2D eigenvalue weighted by atomic mass is 9.65. The molecule has 0 spiro atoms. The predicted octanol–water partition coefficient (Wildman–Crippen LogP) is 3.96. The first kappa shape index (κ1) is 16.0. The molecule has 0 aromatic carbocycles. The van der Waals surface area contributed by atoms with Crippen molar-refractivity contribution in [3.05, 3.63) is 36.3 Å². The van der Waals surface area contributed by atoms with Crippen molar-refractivity contribution < 1.29 is 9.21 Å². The zero-order valence-corrected chi connectivity index (χ0v) is 13.6. The number of furan rings is 1. The molecule has 3 nitrogen and oxygen atoms in total. The minimum absolute atomic E-state index is 0.0615. The van der Waals surface area contributed by atoms with Gasteiger partial charge in [-0.1, -0.05) is 32.9 Å². The number of allylic oxidation sites excluding steroid dienone is 2. The molecule has 3 atom stereocenters. The molecule has 1 aliphatic carbocycles. The summed E-state index contributed by atoms with van der Waals surface area (Å²) in [7, 11) is 0. The molecule has 1 aromatic rings. The van der Waals surface area contributed by atoms with Crippen molar-refractivity contribution in [1.82, 2.24) is 5.32 Å². The summed E-state index contributed by atoms with van der Waals surface area (Å²) in [4.78, 5) is 12.7. The molecule has 0 saturated heterocycles. The Balaban J connectivity index is 1.89. The number of Topliss-reactive ketones (excluding diaryl/α,β-unsaturated/α-hetero) is 1. The molecule has 0 radical (unpaired) electrons. The van der Waals surface area contributed by atoms with E-state index in [0.717, 1.165) is 12.2 Å². The molecule has 0 saturated carbocycles. The molecule has 1 heterocycles. The van der Waals surface area contributed by atoms with E-state index in [9.17, 15) is 4.79 Å². The van der Waals surface area contributed by atoms with Gasteiger partial charge in [-0.2, -0.15) is 0 Å². The van der Waals surface area contributed by atoms with Gasteiger partial charge in [-0.3, -0.25) is 4.79 Å². The third-order valence-electron chi connectivity index (χ3n) is 4.51. The Morgan fingerprint density at radius 1 is 1.52 bits per heavy atom. The number of rotatable bonds is 6. The maximum Gasteiger partial charge on any atom is 0.138 e. The highest BCUT2D eigenvalue weighted by molar-refractivity contribution is 5.83. The number of hydrogen-bond donors (Lipinski definition) is 1. The van der Waals surface area contributed by atoms with Crippen LogP contribution in [0.3, 0.4) is 0 Å². The summed E-state index contributed by atoms with van der Waals surface area (Å²) in [6.07, 6.45) is 7.64. The van der Waals surface area contributed by atoms with Gasteiger partial charge in [-0.25, -0.2) is 0 Å². The van der Waals surface area contributed by atoms with Gasteiger partial charge >= 0.3 is 0 Å². The normalized spacial score (nSPS) is 25.7. The Hall–Kier alpha value is -1.35. The van der Waals surface area contributed by atoms with Crippen LogP contribution in [0.5, 0.6) is 0 Å². The van der Waals surface area contributed by atoms with Gasteiger partial charge in [0.25, 0.3) is 0 Å². The molecule has 1 N–H and O–H groups in total. The molecule has 0 unspecified atom stereocenters. The molecule has 3 heteroatoms. The van der Waals surface area contributed by atoms with E-state index in [1.165, 1.54) is 0 Å². The lowest BCUT2D eigenvalue weighted by Gasteiger charge is -2.39. The van der Waals surface area contributed by atoms with Gasteiger partial charge in [0.2, 0.25) is 0 Å². The smallest absolute Gasteiger partial charge is 0.138 e. The van der Waals surface area contributed by atoms with Gasteiger partial charge in [-0.05, 0) is 36.8 Å². The first-order valence-corrected chi connectivity index (χ1v) is 7.85. The van der Waals surface area contributed by atoms with Crippen molar-refractivity contribution in [3.63, 3.8) is 0 Å². The van der Waals surface area contributed by atoms with Gasteiger partial charge < -0.3 is 9.73 Å². The fraction of sp³-hybridized carbons (Fsp3) is 0.611. The predicted molar refractivity (Wildman–Crippen MR) is 84.8 cm³/mol. The summed E-state index contributed by atoms with van der Waals surface area (Å²) in [6.45, 7) is 9.30. The van der Waals surface area contributed by atoms with E-state index in [1.807, 2.05) is 12.1 Å². The maximum atomic E-state index is 12.7. The van der Waals surface area contributed by atoms with Crippen molar-refractivity contribution in [1.29, 1.82) is 0 Å². The largest absolute Gasteiger partial charge is 0.468 e. The van der Waals surface area contributed by atoms with Gasteiger partial charge in [0.1, 0.15) is 11.5 Å². The van der Waals surface area contributed by atoms with Gasteiger partial charge in [-0.15, -0.1) is 0 Å². The number of nitrogens with one attached hydrogen (secondary N) is 1. The Labute approximate surface area is 127 Å². The van der Waals surface area contributed by atoms with Crippen LogP contribution in [-0.4, -0.2) is 11.8 Å². The molecule has 0 bridgehead atoms. The van der Waals surface area contributed by atoms with Crippen molar-refractivity contribution in [2.75, 3.05) is 0 Å². The van der Waals surface area contributed by atoms with E-state index in [1.54, 1.807) is 6.26 Å². The molecule has 0 amide bonds. The third kappa shape index (κ3) is 4.07. The second kappa shape index (κ2) is 6.61. The summed E-state index contributed by atoms with van der Waals surface area (Å²) >= 11 is 0. The van der Waals surface area contributed by atoms with Crippen LogP contribution >= 0.6 is 0 Å². The minimum atomic E-state index is 0.0615. The van der Waals surface area contributed by atoms with E-state index in [-0.39, 0.29) is 17.4 Å². The van der Waals surface area contributed by atoms with Crippen LogP contribution in [0.2, 0.25) is 0 Å².